The van der Waals surface area contributed by atoms with Crippen LogP contribution in [-0.4, -0.2) is 66.6 Å². The molecule has 2 aromatic carbocycles. The number of nitrogens with one attached hydrogen (secondary N) is 1. The molecular formula is C27H31N5O5. The highest BCUT2D eigenvalue weighted by Crippen LogP contribution is 2.36. The highest BCUT2D eigenvalue weighted by molar-refractivity contribution is 5.96. The van der Waals surface area contributed by atoms with Gasteiger partial charge in [0.25, 0.3) is 11.6 Å². The van der Waals surface area contributed by atoms with E-state index < -0.39 is 4.92 Å². The Balaban J connectivity index is 1.15. The van der Waals surface area contributed by atoms with Crippen molar-refractivity contribution in [3.63, 3.8) is 0 Å². The average molecular weight is 506 g/mol. The van der Waals surface area contributed by atoms with Crippen LogP contribution in [0.15, 0.2) is 42.5 Å². The number of hydrogen-bond donors (Lipinski definition) is 1. The number of cyclic esters (lactones) is 1. The third kappa shape index (κ3) is 4.50. The number of hydrogen-bond acceptors (Lipinski definition) is 7. The van der Waals surface area contributed by atoms with Gasteiger partial charge in [0.2, 0.25) is 0 Å². The zero-order chi connectivity index (χ0) is 25.5. The van der Waals surface area contributed by atoms with Crippen LogP contribution in [0.2, 0.25) is 0 Å². The maximum atomic E-state index is 13.0. The quantitative estimate of drug-likeness (QED) is 0.489. The first kappa shape index (κ1) is 23.7. The standard InChI is InChI=1S/C27H31N5O5/c33-26(28-22-16-29-11-7-18(22)8-12-29)19-5-6-24(25(15-19)32(35)36)30-13-9-21(10-14-30)31-23-4-2-1-3-20(23)17-37-27(31)34/h1-6,15,18,21-22H,7-14,16-17H2,(H,28,33). The Bertz CT molecular complexity index is 1220. The molecule has 4 fully saturated rings. The first-order valence-electron chi connectivity index (χ1n) is 13.1. The maximum absolute atomic E-state index is 13.0. The Morgan fingerprint density at radius 2 is 1.76 bits per heavy atom. The van der Waals surface area contributed by atoms with E-state index in [2.05, 4.69) is 10.2 Å². The van der Waals surface area contributed by atoms with E-state index in [1.165, 1.54) is 6.07 Å². The van der Waals surface area contributed by atoms with Crippen molar-refractivity contribution in [2.75, 3.05) is 42.5 Å². The molecule has 0 spiro atoms. The minimum Gasteiger partial charge on any atom is -0.444 e. The average Bonchev–Trinajstić information content (AvgIpc) is 2.93. The summed E-state index contributed by atoms with van der Waals surface area (Å²) in [4.78, 5) is 43.2. The fourth-order valence-electron chi connectivity index (χ4n) is 6.34. The first-order valence-corrected chi connectivity index (χ1v) is 13.1. The fraction of sp³-hybridized carbons (Fsp3) is 0.481. The van der Waals surface area contributed by atoms with Crippen molar-refractivity contribution < 1.29 is 19.2 Å². The lowest BCUT2D eigenvalue weighted by Gasteiger charge is -2.44. The van der Waals surface area contributed by atoms with Gasteiger partial charge in [0.1, 0.15) is 12.3 Å². The SMILES string of the molecule is O=C(NC1CN2CCC1CC2)c1ccc(N2CCC(N3C(=O)OCc4ccccc43)CC2)c([N+](=O)[O-])c1. The number of carbonyl (C=O) groups is 2. The molecule has 10 heteroatoms. The molecule has 0 saturated carbocycles. The largest absolute Gasteiger partial charge is 0.444 e. The Kier molecular flexibility index (Phi) is 6.19. The number of rotatable bonds is 5. The van der Waals surface area contributed by atoms with E-state index in [-0.39, 0.29) is 36.4 Å². The molecule has 2 aromatic rings. The van der Waals surface area contributed by atoms with Gasteiger partial charge in [-0.05, 0) is 62.9 Å². The number of amides is 2. The van der Waals surface area contributed by atoms with Crippen LogP contribution in [0.25, 0.3) is 0 Å². The van der Waals surface area contributed by atoms with Gasteiger partial charge in [-0.3, -0.25) is 19.8 Å². The van der Waals surface area contributed by atoms with Crippen molar-refractivity contribution in [1.29, 1.82) is 0 Å². The molecule has 4 saturated heterocycles. The van der Waals surface area contributed by atoms with Crippen LogP contribution in [0.3, 0.4) is 0 Å². The molecule has 1 N–H and O–H groups in total. The van der Waals surface area contributed by atoms with Crippen LogP contribution in [0.1, 0.15) is 41.6 Å². The summed E-state index contributed by atoms with van der Waals surface area (Å²) in [5.41, 5.74) is 2.61. The monoisotopic (exact) mass is 505 g/mol. The summed E-state index contributed by atoms with van der Waals surface area (Å²) >= 11 is 0. The Morgan fingerprint density at radius 3 is 2.46 bits per heavy atom. The summed E-state index contributed by atoms with van der Waals surface area (Å²) in [7, 11) is 0. The Labute approximate surface area is 215 Å². The summed E-state index contributed by atoms with van der Waals surface area (Å²) in [5.74, 6) is 0.225. The van der Waals surface area contributed by atoms with E-state index in [1.807, 2.05) is 29.2 Å². The molecule has 37 heavy (non-hydrogen) atoms. The molecule has 194 valence electrons. The van der Waals surface area contributed by atoms with Gasteiger partial charge in [-0.15, -0.1) is 0 Å². The zero-order valence-corrected chi connectivity index (χ0v) is 20.7. The summed E-state index contributed by atoms with van der Waals surface area (Å²) in [6, 6.07) is 12.6. The molecule has 1 atom stereocenters. The van der Waals surface area contributed by atoms with E-state index in [0.717, 1.165) is 43.7 Å². The predicted molar refractivity (Wildman–Crippen MR) is 138 cm³/mol. The Hall–Kier alpha value is -3.66. The molecule has 5 aliphatic heterocycles. The first-order chi connectivity index (χ1) is 18.0. The lowest BCUT2D eigenvalue weighted by molar-refractivity contribution is -0.384. The van der Waals surface area contributed by atoms with Crippen molar-refractivity contribution in [3.8, 4) is 0 Å². The number of fused-ring (bicyclic) bond motifs is 4. The van der Waals surface area contributed by atoms with Gasteiger partial charge >= 0.3 is 6.09 Å². The third-order valence-electron chi connectivity index (χ3n) is 8.38. The van der Waals surface area contributed by atoms with E-state index in [1.54, 1.807) is 17.0 Å². The van der Waals surface area contributed by atoms with Crippen LogP contribution < -0.4 is 15.1 Å². The topological polar surface area (TPSA) is 108 Å². The van der Waals surface area contributed by atoms with Gasteiger partial charge in [0.05, 0.1) is 10.6 Å². The number of benzene rings is 2. The minimum atomic E-state index is -0.412. The Morgan fingerprint density at radius 1 is 1.00 bits per heavy atom. The van der Waals surface area contributed by atoms with Gasteiger partial charge in [-0.25, -0.2) is 4.79 Å². The van der Waals surface area contributed by atoms with Crippen molar-refractivity contribution in [1.82, 2.24) is 10.2 Å². The number of ether oxygens (including phenoxy) is 1. The fourth-order valence-corrected chi connectivity index (χ4v) is 6.34. The van der Waals surface area contributed by atoms with Gasteiger partial charge in [-0.1, -0.05) is 18.2 Å². The van der Waals surface area contributed by atoms with Crippen LogP contribution in [0, 0.1) is 16.0 Å². The van der Waals surface area contributed by atoms with Gasteiger partial charge in [0.15, 0.2) is 0 Å². The van der Waals surface area contributed by atoms with Crippen molar-refractivity contribution in [3.05, 3.63) is 63.7 Å². The lowest BCUT2D eigenvalue weighted by atomic mass is 9.84. The van der Waals surface area contributed by atoms with Crippen LogP contribution in [0.5, 0.6) is 0 Å². The second-order valence-electron chi connectivity index (χ2n) is 10.5. The van der Waals surface area contributed by atoms with Crippen molar-refractivity contribution in [2.45, 2.75) is 44.4 Å². The number of carbonyl (C=O) groups excluding carboxylic acids is 2. The van der Waals surface area contributed by atoms with Crippen LogP contribution in [-0.2, 0) is 11.3 Å². The van der Waals surface area contributed by atoms with E-state index in [4.69, 9.17) is 4.74 Å². The highest BCUT2D eigenvalue weighted by atomic mass is 16.6. The molecule has 10 nitrogen and oxygen atoms in total. The maximum Gasteiger partial charge on any atom is 0.414 e. The van der Waals surface area contributed by atoms with E-state index >= 15 is 0 Å². The molecule has 0 aromatic heterocycles. The summed E-state index contributed by atoms with van der Waals surface area (Å²) in [6.07, 6.45) is 3.13. The lowest BCUT2D eigenvalue weighted by Crippen LogP contribution is -2.57. The summed E-state index contributed by atoms with van der Waals surface area (Å²) < 4.78 is 5.38. The normalized spacial score (nSPS) is 25.4. The van der Waals surface area contributed by atoms with Gasteiger partial charge < -0.3 is 19.9 Å². The predicted octanol–water partition coefficient (Wildman–Crippen LogP) is 3.54. The number of nitrogens with zero attached hydrogens (tertiary/aromatic N) is 4. The van der Waals surface area contributed by atoms with Crippen molar-refractivity contribution in [2.24, 2.45) is 5.92 Å². The highest BCUT2D eigenvalue weighted by Gasteiger charge is 2.37. The second kappa shape index (κ2) is 9.66. The van der Waals surface area contributed by atoms with Gasteiger partial charge in [-0.2, -0.15) is 0 Å². The van der Waals surface area contributed by atoms with Crippen LogP contribution >= 0.6 is 0 Å². The molecule has 5 heterocycles. The number of nitro groups is 1. The minimum absolute atomic E-state index is 0.0455. The van der Waals surface area contributed by atoms with E-state index in [0.29, 0.717) is 43.1 Å². The summed E-state index contributed by atoms with van der Waals surface area (Å²) in [5, 5.41) is 15.1. The molecule has 2 amide bonds. The van der Waals surface area contributed by atoms with E-state index in [9.17, 15) is 19.7 Å². The number of anilines is 2. The molecule has 0 aliphatic carbocycles. The molecular weight excluding hydrogens is 474 g/mol. The third-order valence-corrected chi connectivity index (χ3v) is 8.38. The molecule has 5 aliphatic rings. The van der Waals surface area contributed by atoms with Crippen LogP contribution in [0.4, 0.5) is 21.9 Å². The smallest absolute Gasteiger partial charge is 0.414 e. The van der Waals surface area contributed by atoms with Crippen molar-refractivity contribution >= 4 is 29.1 Å². The zero-order valence-electron chi connectivity index (χ0n) is 20.7. The van der Waals surface area contributed by atoms with Gasteiger partial charge in [0, 0.05) is 48.9 Å². The number of para-hydroxylation sites is 1. The molecule has 0 radical (unpaired) electrons. The second-order valence-corrected chi connectivity index (χ2v) is 10.5. The molecule has 7 rings (SSSR count). The summed E-state index contributed by atoms with van der Waals surface area (Å²) in [6.45, 7) is 4.40. The molecule has 1 unspecified atom stereocenters. The molecule has 2 bridgehead atoms. The number of nitro benzene ring substituents is 1. The number of piperidine rings is 4.